The van der Waals surface area contributed by atoms with Gasteiger partial charge in [0, 0.05) is 11.6 Å². The number of ether oxygens (including phenoxy) is 3. The second kappa shape index (κ2) is 7.71. The minimum absolute atomic E-state index is 0.0229. The first-order chi connectivity index (χ1) is 11.1. The van der Waals surface area contributed by atoms with Crippen LogP contribution in [-0.4, -0.2) is 45.7 Å². The van der Waals surface area contributed by atoms with Gasteiger partial charge >= 0.3 is 0 Å². The van der Waals surface area contributed by atoms with Crippen molar-refractivity contribution in [2.45, 2.75) is 25.3 Å². The van der Waals surface area contributed by atoms with Crippen LogP contribution in [0.2, 0.25) is 0 Å². The summed E-state index contributed by atoms with van der Waals surface area (Å²) in [5, 5.41) is 5.42. The molecule has 1 aromatic rings. The van der Waals surface area contributed by atoms with Crippen LogP contribution in [0.4, 0.5) is 0 Å². The Labute approximate surface area is 135 Å². The van der Waals surface area contributed by atoms with Crippen molar-refractivity contribution in [1.29, 1.82) is 0 Å². The Kier molecular flexibility index (Phi) is 5.67. The van der Waals surface area contributed by atoms with Crippen LogP contribution in [0.25, 0.3) is 0 Å². The molecule has 0 aromatic heterocycles. The second-order valence-electron chi connectivity index (χ2n) is 5.29. The minimum Gasteiger partial charge on any atom is -0.493 e. The van der Waals surface area contributed by atoms with E-state index in [1.54, 1.807) is 12.1 Å². The number of carbonyl (C=O) groups excluding carboxylic acids is 2. The number of hydrogen-bond donors (Lipinski definition) is 2. The molecule has 2 amide bonds. The summed E-state index contributed by atoms with van der Waals surface area (Å²) >= 11 is 0. The van der Waals surface area contributed by atoms with Crippen LogP contribution in [0.5, 0.6) is 17.2 Å². The first kappa shape index (κ1) is 16.9. The molecule has 0 radical (unpaired) electrons. The minimum atomic E-state index is -0.263. The molecule has 0 unspecified atom stereocenters. The maximum absolute atomic E-state index is 12.0. The molecule has 0 spiro atoms. The van der Waals surface area contributed by atoms with Crippen molar-refractivity contribution in [3.63, 3.8) is 0 Å². The predicted octanol–water partition coefficient (Wildman–Crippen LogP) is 0.650. The van der Waals surface area contributed by atoms with Gasteiger partial charge in [-0.15, -0.1) is 0 Å². The number of amides is 2. The van der Waals surface area contributed by atoms with E-state index in [0.29, 0.717) is 22.8 Å². The summed E-state index contributed by atoms with van der Waals surface area (Å²) in [6, 6.07) is 3.73. The van der Waals surface area contributed by atoms with Crippen LogP contribution in [0, 0.1) is 0 Å². The SMILES string of the molecule is COc1ccc(CC(=O)NCC(=O)NC2CC2)c(OC)c1OC. The van der Waals surface area contributed by atoms with Crippen LogP contribution >= 0.6 is 0 Å². The molecular weight excluding hydrogens is 300 g/mol. The molecular formula is C16H22N2O5. The third-order valence-corrected chi connectivity index (χ3v) is 3.53. The maximum Gasteiger partial charge on any atom is 0.239 e. The number of methoxy groups -OCH3 is 3. The molecule has 2 N–H and O–H groups in total. The summed E-state index contributed by atoms with van der Waals surface area (Å²) in [7, 11) is 4.54. The predicted molar refractivity (Wildman–Crippen MR) is 84.0 cm³/mol. The molecule has 1 aromatic carbocycles. The Balaban J connectivity index is 1.97. The largest absolute Gasteiger partial charge is 0.493 e. The zero-order valence-corrected chi connectivity index (χ0v) is 13.6. The zero-order chi connectivity index (χ0) is 16.8. The summed E-state index contributed by atoms with van der Waals surface area (Å²) in [5.41, 5.74) is 0.658. The first-order valence-electron chi connectivity index (χ1n) is 7.43. The number of nitrogens with one attached hydrogen (secondary N) is 2. The van der Waals surface area contributed by atoms with Crippen molar-refractivity contribution < 1.29 is 23.8 Å². The normalized spacial score (nSPS) is 13.2. The van der Waals surface area contributed by atoms with Crippen molar-refractivity contribution in [2.75, 3.05) is 27.9 Å². The van der Waals surface area contributed by atoms with Crippen LogP contribution < -0.4 is 24.8 Å². The van der Waals surface area contributed by atoms with Crippen LogP contribution in [-0.2, 0) is 16.0 Å². The number of rotatable bonds is 8. The van der Waals surface area contributed by atoms with Crippen molar-refractivity contribution >= 4 is 11.8 Å². The molecule has 0 bridgehead atoms. The molecule has 2 rings (SSSR count). The average Bonchev–Trinajstić information content (AvgIpc) is 3.36. The van der Waals surface area contributed by atoms with Crippen molar-refractivity contribution in [3.05, 3.63) is 17.7 Å². The van der Waals surface area contributed by atoms with Crippen molar-refractivity contribution in [3.8, 4) is 17.2 Å². The van der Waals surface area contributed by atoms with Gasteiger partial charge in [-0.2, -0.15) is 0 Å². The van der Waals surface area contributed by atoms with E-state index in [1.807, 2.05) is 0 Å². The Morgan fingerprint density at radius 2 is 1.74 bits per heavy atom. The molecule has 1 saturated carbocycles. The lowest BCUT2D eigenvalue weighted by atomic mass is 10.1. The number of hydrogen-bond acceptors (Lipinski definition) is 5. The third kappa shape index (κ3) is 4.51. The van der Waals surface area contributed by atoms with Crippen molar-refractivity contribution in [1.82, 2.24) is 10.6 Å². The lowest BCUT2D eigenvalue weighted by Gasteiger charge is -2.15. The van der Waals surface area contributed by atoms with E-state index in [1.165, 1.54) is 21.3 Å². The number of carbonyl (C=O) groups is 2. The fourth-order valence-corrected chi connectivity index (χ4v) is 2.22. The first-order valence-corrected chi connectivity index (χ1v) is 7.43. The van der Waals surface area contributed by atoms with Crippen LogP contribution in [0.1, 0.15) is 18.4 Å². The fraction of sp³-hybridized carbons (Fsp3) is 0.500. The summed E-state index contributed by atoms with van der Waals surface area (Å²) < 4.78 is 15.8. The summed E-state index contributed by atoms with van der Waals surface area (Å²) in [5.74, 6) is 0.982. The molecule has 126 valence electrons. The third-order valence-electron chi connectivity index (χ3n) is 3.53. The van der Waals surface area contributed by atoms with E-state index in [9.17, 15) is 9.59 Å². The quantitative estimate of drug-likeness (QED) is 0.734. The molecule has 1 aliphatic rings. The van der Waals surface area contributed by atoms with E-state index in [0.717, 1.165) is 12.8 Å². The highest BCUT2D eigenvalue weighted by Gasteiger charge is 2.23. The topological polar surface area (TPSA) is 85.9 Å². The Hall–Kier alpha value is -2.44. The molecule has 0 heterocycles. The maximum atomic E-state index is 12.0. The smallest absolute Gasteiger partial charge is 0.239 e. The standard InChI is InChI=1S/C16H22N2O5/c1-21-12-7-4-10(15(22-2)16(12)23-3)8-13(19)17-9-14(20)18-11-5-6-11/h4,7,11H,5-6,8-9H2,1-3H3,(H,17,19)(H,18,20). The summed E-state index contributed by atoms with van der Waals surface area (Å²) in [4.78, 5) is 23.6. The van der Waals surface area contributed by atoms with Gasteiger partial charge < -0.3 is 24.8 Å². The molecule has 1 fully saturated rings. The number of benzene rings is 1. The van der Waals surface area contributed by atoms with Gasteiger partial charge in [-0.25, -0.2) is 0 Å². The summed E-state index contributed by atoms with van der Waals surface area (Å²) in [6.07, 6.45) is 2.12. The van der Waals surface area contributed by atoms with Crippen LogP contribution in [0.15, 0.2) is 12.1 Å². The van der Waals surface area contributed by atoms with Crippen molar-refractivity contribution in [2.24, 2.45) is 0 Å². The lowest BCUT2D eigenvalue weighted by Crippen LogP contribution is -2.38. The van der Waals surface area contributed by atoms with E-state index < -0.39 is 0 Å². The summed E-state index contributed by atoms with van der Waals surface area (Å²) in [6.45, 7) is -0.0229. The molecule has 0 saturated heterocycles. The second-order valence-corrected chi connectivity index (χ2v) is 5.29. The van der Waals surface area contributed by atoms with E-state index in [-0.39, 0.29) is 30.8 Å². The Bertz CT molecular complexity index is 584. The zero-order valence-electron chi connectivity index (χ0n) is 13.6. The Morgan fingerprint density at radius 3 is 2.30 bits per heavy atom. The van der Waals surface area contributed by atoms with Gasteiger partial charge in [0.25, 0.3) is 0 Å². The molecule has 7 nitrogen and oxygen atoms in total. The van der Waals surface area contributed by atoms with Gasteiger partial charge in [-0.05, 0) is 18.9 Å². The highest BCUT2D eigenvalue weighted by molar-refractivity contribution is 5.86. The fourth-order valence-electron chi connectivity index (χ4n) is 2.22. The van der Waals surface area contributed by atoms with Crippen LogP contribution in [0.3, 0.4) is 0 Å². The van der Waals surface area contributed by atoms with Gasteiger partial charge in [0.1, 0.15) is 0 Å². The monoisotopic (exact) mass is 322 g/mol. The van der Waals surface area contributed by atoms with Gasteiger partial charge in [0.2, 0.25) is 17.6 Å². The highest BCUT2D eigenvalue weighted by atomic mass is 16.5. The van der Waals surface area contributed by atoms with Gasteiger partial charge in [0.05, 0.1) is 34.3 Å². The van der Waals surface area contributed by atoms with E-state index in [2.05, 4.69) is 10.6 Å². The van der Waals surface area contributed by atoms with Gasteiger partial charge in [-0.1, -0.05) is 6.07 Å². The molecule has 7 heteroatoms. The lowest BCUT2D eigenvalue weighted by molar-refractivity contribution is -0.125. The highest BCUT2D eigenvalue weighted by Crippen LogP contribution is 2.39. The van der Waals surface area contributed by atoms with Gasteiger partial charge in [-0.3, -0.25) is 9.59 Å². The average molecular weight is 322 g/mol. The Morgan fingerprint density at radius 1 is 1.04 bits per heavy atom. The molecule has 23 heavy (non-hydrogen) atoms. The van der Waals surface area contributed by atoms with E-state index >= 15 is 0 Å². The van der Waals surface area contributed by atoms with E-state index in [4.69, 9.17) is 14.2 Å². The molecule has 1 aliphatic carbocycles. The van der Waals surface area contributed by atoms with Gasteiger partial charge in [0.15, 0.2) is 11.5 Å². The molecule has 0 atom stereocenters. The molecule has 0 aliphatic heterocycles.